The lowest BCUT2D eigenvalue weighted by Gasteiger charge is -2.11. The molecule has 0 saturated carbocycles. The van der Waals surface area contributed by atoms with Gasteiger partial charge in [-0.25, -0.2) is 17.6 Å². The molecule has 0 bridgehead atoms. The number of sulfonamides is 1. The lowest BCUT2D eigenvalue weighted by atomic mass is 10.1. The van der Waals surface area contributed by atoms with Crippen LogP contribution in [0.5, 0.6) is 0 Å². The molecule has 0 unspecified atom stereocenters. The summed E-state index contributed by atoms with van der Waals surface area (Å²) < 4.78 is 40.2. The highest BCUT2D eigenvalue weighted by Gasteiger charge is 2.20. The zero-order valence-corrected chi connectivity index (χ0v) is 12.7. The van der Waals surface area contributed by atoms with Crippen molar-refractivity contribution in [3.05, 3.63) is 59.4 Å². The highest BCUT2D eigenvalue weighted by Crippen LogP contribution is 2.22. The number of carbonyl (C=O) groups is 2. The van der Waals surface area contributed by atoms with E-state index in [-0.39, 0.29) is 17.0 Å². The monoisotopic (exact) mass is 337 g/mol. The first-order valence-corrected chi connectivity index (χ1v) is 7.86. The number of aromatic carboxylic acids is 1. The Hall–Kier alpha value is -2.74. The Bertz CT molecular complexity index is 892. The van der Waals surface area contributed by atoms with Crippen molar-refractivity contribution in [3.63, 3.8) is 0 Å². The van der Waals surface area contributed by atoms with Crippen LogP contribution in [0.2, 0.25) is 0 Å². The van der Waals surface area contributed by atoms with E-state index in [1.807, 2.05) is 0 Å². The fraction of sp³-hybridized carbons (Fsp3) is 0.0667. The molecule has 0 aliphatic carbocycles. The van der Waals surface area contributed by atoms with Crippen LogP contribution in [-0.2, 0) is 10.0 Å². The van der Waals surface area contributed by atoms with Gasteiger partial charge in [0.1, 0.15) is 5.82 Å². The number of carbonyl (C=O) groups excluding carboxylic acids is 1. The summed E-state index contributed by atoms with van der Waals surface area (Å²) in [6, 6.07) is 8.39. The maximum absolute atomic E-state index is 13.4. The predicted octanol–water partition coefficient (Wildman–Crippen LogP) is 2.53. The first kappa shape index (κ1) is 16.6. The summed E-state index contributed by atoms with van der Waals surface area (Å²) in [6.45, 7) is 1.29. The van der Waals surface area contributed by atoms with Crippen molar-refractivity contribution >= 4 is 27.5 Å². The second kappa shape index (κ2) is 6.17. The second-order valence-electron chi connectivity index (χ2n) is 4.65. The number of hydrogen-bond acceptors (Lipinski definition) is 4. The molecule has 2 rings (SSSR count). The molecule has 8 heteroatoms. The third kappa shape index (κ3) is 3.54. The highest BCUT2D eigenvalue weighted by molar-refractivity contribution is 7.92. The quantitative estimate of drug-likeness (QED) is 0.817. The van der Waals surface area contributed by atoms with Crippen LogP contribution in [-0.4, -0.2) is 25.3 Å². The van der Waals surface area contributed by atoms with Gasteiger partial charge in [-0.2, -0.15) is 0 Å². The standard InChI is InChI=1S/C15H12FNO5S/c1-9(18)11-4-2-3-5-14(11)17-23(21,22)10-6-7-13(16)12(8-10)15(19)20/h2-8,17H,1H3,(H,19,20). The molecule has 0 fully saturated rings. The maximum Gasteiger partial charge on any atom is 0.338 e. The van der Waals surface area contributed by atoms with Crippen LogP contribution in [0, 0.1) is 5.82 Å². The van der Waals surface area contributed by atoms with Gasteiger partial charge in [0.25, 0.3) is 10.0 Å². The number of carboxylic acids is 1. The predicted molar refractivity (Wildman–Crippen MR) is 80.6 cm³/mol. The van der Waals surface area contributed by atoms with Crippen molar-refractivity contribution in [2.24, 2.45) is 0 Å². The van der Waals surface area contributed by atoms with E-state index in [2.05, 4.69) is 4.72 Å². The first-order chi connectivity index (χ1) is 10.7. The van der Waals surface area contributed by atoms with Gasteiger partial charge >= 0.3 is 5.97 Å². The third-order valence-electron chi connectivity index (χ3n) is 3.03. The molecule has 23 heavy (non-hydrogen) atoms. The summed E-state index contributed by atoms with van der Waals surface area (Å²) >= 11 is 0. The van der Waals surface area contributed by atoms with Gasteiger partial charge in [0, 0.05) is 5.56 Å². The highest BCUT2D eigenvalue weighted by atomic mass is 32.2. The number of halogens is 1. The summed E-state index contributed by atoms with van der Waals surface area (Å²) in [5, 5.41) is 8.86. The summed E-state index contributed by atoms with van der Waals surface area (Å²) in [7, 11) is -4.17. The molecule has 2 aromatic carbocycles. The molecule has 2 aromatic rings. The smallest absolute Gasteiger partial charge is 0.338 e. The largest absolute Gasteiger partial charge is 0.478 e. The number of para-hydroxylation sites is 1. The number of ketones is 1. The normalized spacial score (nSPS) is 11.0. The molecule has 0 atom stereocenters. The van der Waals surface area contributed by atoms with Crippen molar-refractivity contribution in [3.8, 4) is 0 Å². The average molecular weight is 337 g/mol. The lowest BCUT2D eigenvalue weighted by molar-refractivity contribution is 0.0691. The van der Waals surface area contributed by atoms with Crippen molar-refractivity contribution in [2.45, 2.75) is 11.8 Å². The van der Waals surface area contributed by atoms with Crippen LogP contribution in [0.1, 0.15) is 27.6 Å². The number of anilines is 1. The second-order valence-corrected chi connectivity index (χ2v) is 6.34. The minimum Gasteiger partial charge on any atom is -0.478 e. The van der Waals surface area contributed by atoms with E-state index in [1.54, 1.807) is 6.07 Å². The Morgan fingerprint density at radius 2 is 1.74 bits per heavy atom. The van der Waals surface area contributed by atoms with E-state index in [0.717, 1.165) is 18.2 Å². The molecular formula is C15H12FNO5S. The Kier molecular flexibility index (Phi) is 4.46. The van der Waals surface area contributed by atoms with E-state index in [4.69, 9.17) is 5.11 Å². The van der Waals surface area contributed by atoms with Gasteiger partial charge in [-0.15, -0.1) is 0 Å². The SMILES string of the molecule is CC(=O)c1ccccc1NS(=O)(=O)c1ccc(F)c(C(=O)O)c1. The minimum absolute atomic E-state index is 0.0567. The van der Waals surface area contributed by atoms with Gasteiger partial charge in [-0.3, -0.25) is 9.52 Å². The Balaban J connectivity index is 2.47. The Labute approximate surface area is 131 Å². The molecule has 0 radical (unpaired) electrons. The van der Waals surface area contributed by atoms with Crippen LogP contribution in [0.15, 0.2) is 47.4 Å². The van der Waals surface area contributed by atoms with E-state index in [9.17, 15) is 22.4 Å². The number of benzene rings is 2. The molecule has 120 valence electrons. The van der Waals surface area contributed by atoms with Gasteiger partial charge < -0.3 is 5.11 Å². The zero-order valence-electron chi connectivity index (χ0n) is 11.9. The van der Waals surface area contributed by atoms with Gasteiger partial charge in [0.05, 0.1) is 16.1 Å². The molecule has 6 nitrogen and oxygen atoms in total. The van der Waals surface area contributed by atoms with Crippen LogP contribution < -0.4 is 4.72 Å². The van der Waals surface area contributed by atoms with Crippen molar-refractivity contribution in [2.75, 3.05) is 4.72 Å². The number of Topliss-reactive ketones (excluding diaryl/α,β-unsaturated/α-hetero) is 1. The molecule has 0 aliphatic heterocycles. The molecular weight excluding hydrogens is 325 g/mol. The van der Waals surface area contributed by atoms with Crippen LogP contribution in [0.4, 0.5) is 10.1 Å². The van der Waals surface area contributed by atoms with Crippen molar-refractivity contribution < 1.29 is 27.5 Å². The fourth-order valence-electron chi connectivity index (χ4n) is 1.92. The lowest BCUT2D eigenvalue weighted by Crippen LogP contribution is -2.16. The molecule has 0 amide bonds. The fourth-order valence-corrected chi connectivity index (χ4v) is 3.02. The molecule has 0 saturated heterocycles. The average Bonchev–Trinajstić information content (AvgIpc) is 2.47. The molecule has 0 spiro atoms. The molecule has 2 N–H and O–H groups in total. The van der Waals surface area contributed by atoms with E-state index in [0.29, 0.717) is 0 Å². The van der Waals surface area contributed by atoms with Crippen LogP contribution in [0.25, 0.3) is 0 Å². The van der Waals surface area contributed by atoms with E-state index < -0.39 is 32.3 Å². The van der Waals surface area contributed by atoms with Crippen molar-refractivity contribution in [1.82, 2.24) is 0 Å². The molecule has 0 aliphatic rings. The number of rotatable bonds is 5. The maximum atomic E-state index is 13.4. The van der Waals surface area contributed by atoms with Crippen LogP contribution in [0.3, 0.4) is 0 Å². The number of hydrogen-bond donors (Lipinski definition) is 2. The number of carboxylic acid groups (broad SMARTS) is 1. The van der Waals surface area contributed by atoms with Gasteiger partial charge in [0.15, 0.2) is 5.78 Å². The van der Waals surface area contributed by atoms with E-state index >= 15 is 0 Å². The van der Waals surface area contributed by atoms with Crippen molar-refractivity contribution in [1.29, 1.82) is 0 Å². The van der Waals surface area contributed by atoms with Gasteiger partial charge in [-0.05, 0) is 37.3 Å². The van der Waals surface area contributed by atoms with E-state index in [1.165, 1.54) is 25.1 Å². The number of nitrogens with one attached hydrogen (secondary N) is 1. The topological polar surface area (TPSA) is 101 Å². The summed E-state index contributed by atoms with van der Waals surface area (Å²) in [6.07, 6.45) is 0. The molecule has 0 heterocycles. The molecule has 0 aromatic heterocycles. The van der Waals surface area contributed by atoms with Gasteiger partial charge in [-0.1, -0.05) is 12.1 Å². The third-order valence-corrected chi connectivity index (χ3v) is 4.39. The Morgan fingerprint density at radius 3 is 2.35 bits per heavy atom. The summed E-state index contributed by atoms with van der Waals surface area (Å²) in [5.41, 5.74) is -0.537. The zero-order chi connectivity index (χ0) is 17.2. The minimum atomic E-state index is -4.17. The van der Waals surface area contributed by atoms with Gasteiger partial charge in [0.2, 0.25) is 0 Å². The Morgan fingerprint density at radius 1 is 1.09 bits per heavy atom. The van der Waals surface area contributed by atoms with Crippen LogP contribution >= 0.6 is 0 Å². The first-order valence-electron chi connectivity index (χ1n) is 6.38. The summed E-state index contributed by atoms with van der Waals surface area (Å²) in [4.78, 5) is 22.0. The summed E-state index contributed by atoms with van der Waals surface area (Å²) in [5.74, 6) is -2.96.